The maximum absolute atomic E-state index is 11.8. The van der Waals surface area contributed by atoms with Crippen LogP contribution in [0.15, 0.2) is 33.7 Å². The first-order valence-corrected chi connectivity index (χ1v) is 10.1. The molecule has 29 heavy (non-hydrogen) atoms. The predicted molar refractivity (Wildman–Crippen MR) is 110 cm³/mol. The van der Waals surface area contributed by atoms with Crippen molar-refractivity contribution in [2.45, 2.75) is 46.0 Å². The Balaban J connectivity index is 1.48. The summed E-state index contributed by atoms with van der Waals surface area (Å²) >= 11 is 0. The highest BCUT2D eigenvalue weighted by atomic mass is 16.5. The van der Waals surface area contributed by atoms with Crippen molar-refractivity contribution >= 4 is 5.82 Å². The standard InChI is InChI=1S/C21H26N6O2/c1-13(2)9-18-25-21(29-26-18)15-6-7-19(22-11-15)27-8-4-5-16(12-27)17-10-20(28)24-14(3)23-17/h6-7,10-11,13,16H,4-5,8-9,12H2,1-3H3,(H,23,24,28)/t16-/m0/s1. The number of aromatic amines is 1. The Hall–Kier alpha value is -3.03. The Labute approximate surface area is 169 Å². The minimum Gasteiger partial charge on any atom is -0.356 e. The van der Waals surface area contributed by atoms with Crippen molar-refractivity contribution in [2.75, 3.05) is 18.0 Å². The maximum Gasteiger partial charge on any atom is 0.259 e. The number of H-pyrrole nitrogens is 1. The van der Waals surface area contributed by atoms with Crippen LogP contribution in [0.4, 0.5) is 5.82 Å². The van der Waals surface area contributed by atoms with E-state index in [9.17, 15) is 4.79 Å². The van der Waals surface area contributed by atoms with Crippen molar-refractivity contribution in [1.29, 1.82) is 0 Å². The summed E-state index contributed by atoms with van der Waals surface area (Å²) in [5.74, 6) is 3.48. The topological polar surface area (TPSA) is 101 Å². The lowest BCUT2D eigenvalue weighted by atomic mass is 9.94. The number of nitrogens with one attached hydrogen (secondary N) is 1. The molecule has 0 aromatic carbocycles. The molecule has 8 nitrogen and oxygen atoms in total. The van der Waals surface area contributed by atoms with Crippen LogP contribution in [0.25, 0.3) is 11.5 Å². The van der Waals surface area contributed by atoms with Crippen molar-refractivity contribution < 1.29 is 4.52 Å². The number of rotatable bonds is 5. The normalized spacial score (nSPS) is 17.1. The van der Waals surface area contributed by atoms with E-state index in [0.717, 1.165) is 55.3 Å². The zero-order valence-electron chi connectivity index (χ0n) is 17.1. The Kier molecular flexibility index (Phi) is 5.42. The first kappa shape index (κ1) is 19.3. The zero-order valence-corrected chi connectivity index (χ0v) is 17.1. The van der Waals surface area contributed by atoms with Crippen molar-refractivity contribution in [1.82, 2.24) is 25.1 Å². The van der Waals surface area contributed by atoms with E-state index in [1.807, 2.05) is 19.1 Å². The number of hydrogen-bond acceptors (Lipinski definition) is 7. The van der Waals surface area contributed by atoms with Crippen LogP contribution in [0, 0.1) is 12.8 Å². The highest BCUT2D eigenvalue weighted by Crippen LogP contribution is 2.28. The minimum absolute atomic E-state index is 0.0940. The van der Waals surface area contributed by atoms with Gasteiger partial charge in [-0.1, -0.05) is 19.0 Å². The van der Waals surface area contributed by atoms with E-state index >= 15 is 0 Å². The third-order valence-electron chi connectivity index (χ3n) is 5.10. The second-order valence-electron chi connectivity index (χ2n) is 8.06. The molecule has 0 unspecified atom stereocenters. The molecule has 8 heteroatoms. The first-order chi connectivity index (χ1) is 14.0. The third-order valence-corrected chi connectivity index (χ3v) is 5.10. The lowest BCUT2D eigenvalue weighted by Crippen LogP contribution is -2.35. The molecule has 1 N–H and O–H groups in total. The molecule has 1 aliphatic heterocycles. The van der Waals surface area contributed by atoms with Gasteiger partial charge in [0.25, 0.3) is 11.4 Å². The van der Waals surface area contributed by atoms with Gasteiger partial charge in [-0.25, -0.2) is 9.97 Å². The average Bonchev–Trinajstić information content (AvgIpc) is 3.15. The van der Waals surface area contributed by atoms with Crippen LogP contribution in [-0.4, -0.2) is 38.2 Å². The number of aryl methyl sites for hydroxylation is 1. The van der Waals surface area contributed by atoms with Crippen molar-refractivity contribution in [3.8, 4) is 11.5 Å². The van der Waals surface area contributed by atoms with Gasteiger partial charge in [-0.05, 0) is 37.8 Å². The van der Waals surface area contributed by atoms with Crippen LogP contribution in [0.1, 0.15) is 49.9 Å². The molecular formula is C21H26N6O2. The van der Waals surface area contributed by atoms with Crippen LogP contribution in [-0.2, 0) is 6.42 Å². The highest BCUT2D eigenvalue weighted by molar-refractivity contribution is 5.55. The van der Waals surface area contributed by atoms with Gasteiger partial charge in [-0.2, -0.15) is 4.98 Å². The molecule has 3 aromatic heterocycles. The lowest BCUT2D eigenvalue weighted by molar-refractivity contribution is 0.417. The van der Waals surface area contributed by atoms with E-state index in [4.69, 9.17) is 4.52 Å². The minimum atomic E-state index is -0.0940. The summed E-state index contributed by atoms with van der Waals surface area (Å²) in [6.07, 6.45) is 4.62. The molecule has 152 valence electrons. The molecule has 1 saturated heterocycles. The molecule has 0 spiro atoms. The zero-order chi connectivity index (χ0) is 20.4. The second-order valence-corrected chi connectivity index (χ2v) is 8.06. The van der Waals surface area contributed by atoms with E-state index in [1.165, 1.54) is 0 Å². The van der Waals surface area contributed by atoms with Crippen LogP contribution in [0.2, 0.25) is 0 Å². The van der Waals surface area contributed by atoms with Gasteiger partial charge in [0.15, 0.2) is 5.82 Å². The molecular weight excluding hydrogens is 368 g/mol. The van der Waals surface area contributed by atoms with Crippen molar-refractivity contribution in [2.24, 2.45) is 5.92 Å². The van der Waals surface area contributed by atoms with Gasteiger partial charge < -0.3 is 14.4 Å². The number of hydrogen-bond donors (Lipinski definition) is 1. The number of anilines is 1. The average molecular weight is 394 g/mol. The third kappa shape index (κ3) is 4.52. The van der Waals surface area contributed by atoms with Crippen molar-refractivity contribution in [3.63, 3.8) is 0 Å². The molecule has 1 aliphatic rings. The highest BCUT2D eigenvalue weighted by Gasteiger charge is 2.24. The Morgan fingerprint density at radius 3 is 2.90 bits per heavy atom. The van der Waals surface area contributed by atoms with Crippen LogP contribution in [0.5, 0.6) is 0 Å². The van der Waals surface area contributed by atoms with E-state index in [2.05, 4.69) is 43.8 Å². The molecule has 4 heterocycles. The van der Waals surface area contributed by atoms with Gasteiger partial charge >= 0.3 is 0 Å². The van der Waals surface area contributed by atoms with Crippen molar-refractivity contribution in [3.05, 3.63) is 52.1 Å². The van der Waals surface area contributed by atoms with Gasteiger partial charge in [0.05, 0.1) is 11.3 Å². The van der Waals surface area contributed by atoms with E-state index in [0.29, 0.717) is 17.6 Å². The molecule has 3 aromatic rings. The number of nitrogens with zero attached hydrogens (tertiary/aromatic N) is 5. The fourth-order valence-corrected chi connectivity index (χ4v) is 3.76. The van der Waals surface area contributed by atoms with E-state index < -0.39 is 0 Å². The fraction of sp³-hybridized carbons (Fsp3) is 0.476. The maximum atomic E-state index is 11.8. The number of aromatic nitrogens is 5. The summed E-state index contributed by atoms with van der Waals surface area (Å²) in [6.45, 7) is 7.79. The summed E-state index contributed by atoms with van der Waals surface area (Å²) < 4.78 is 5.38. The Morgan fingerprint density at radius 2 is 2.17 bits per heavy atom. The first-order valence-electron chi connectivity index (χ1n) is 10.1. The summed E-state index contributed by atoms with van der Waals surface area (Å²) in [6, 6.07) is 5.57. The lowest BCUT2D eigenvalue weighted by Gasteiger charge is -2.33. The monoisotopic (exact) mass is 394 g/mol. The summed E-state index contributed by atoms with van der Waals surface area (Å²) in [5, 5.41) is 4.04. The molecule has 0 aliphatic carbocycles. The molecule has 1 fully saturated rings. The van der Waals surface area contributed by atoms with Gasteiger partial charge in [0.1, 0.15) is 11.6 Å². The quantitative estimate of drug-likeness (QED) is 0.709. The summed E-state index contributed by atoms with van der Waals surface area (Å²) in [5.41, 5.74) is 1.58. The van der Waals surface area contributed by atoms with Gasteiger partial charge in [0.2, 0.25) is 0 Å². The molecule has 1 atom stereocenters. The molecule has 4 rings (SSSR count). The molecule has 0 amide bonds. The fourth-order valence-electron chi connectivity index (χ4n) is 3.76. The second kappa shape index (κ2) is 8.14. The number of pyridine rings is 1. The SMILES string of the molecule is Cc1nc([C@H]2CCCN(c3ccc(-c4nc(CC(C)C)no4)cn3)C2)cc(=O)[nH]1. The Bertz CT molecular complexity index is 1020. The van der Waals surface area contributed by atoms with Gasteiger partial charge in [0, 0.05) is 37.7 Å². The van der Waals surface area contributed by atoms with Crippen LogP contribution in [0.3, 0.4) is 0 Å². The molecule has 0 bridgehead atoms. The molecule has 0 saturated carbocycles. The van der Waals surface area contributed by atoms with Gasteiger partial charge in [-0.3, -0.25) is 4.79 Å². The van der Waals surface area contributed by atoms with Crippen LogP contribution < -0.4 is 10.5 Å². The van der Waals surface area contributed by atoms with E-state index in [-0.39, 0.29) is 11.5 Å². The largest absolute Gasteiger partial charge is 0.356 e. The van der Waals surface area contributed by atoms with E-state index in [1.54, 1.807) is 12.3 Å². The predicted octanol–water partition coefficient (Wildman–Crippen LogP) is 3.11. The molecule has 0 radical (unpaired) electrons. The summed E-state index contributed by atoms with van der Waals surface area (Å²) in [4.78, 5) is 30.4. The smallest absolute Gasteiger partial charge is 0.259 e. The Morgan fingerprint density at radius 1 is 1.31 bits per heavy atom. The van der Waals surface area contributed by atoms with Crippen LogP contribution >= 0.6 is 0 Å². The number of piperidine rings is 1. The van der Waals surface area contributed by atoms with Gasteiger partial charge in [-0.15, -0.1) is 0 Å². The summed E-state index contributed by atoms with van der Waals surface area (Å²) in [7, 11) is 0.